The first-order chi connectivity index (χ1) is 7.85. The molecule has 0 amide bonds. The van der Waals surface area contributed by atoms with Gasteiger partial charge in [-0.2, -0.15) is 0 Å². The summed E-state index contributed by atoms with van der Waals surface area (Å²) in [5.41, 5.74) is 2.33. The van der Waals surface area contributed by atoms with E-state index in [1.54, 1.807) is 13.3 Å². The second kappa shape index (κ2) is 5.51. The Labute approximate surface area is 101 Å². The first-order valence-electron chi connectivity index (χ1n) is 5.61. The Balaban J connectivity index is 2.07. The molecule has 0 aromatic carbocycles. The molecule has 88 valence electrons. The number of alkyl halides is 1. The first kappa shape index (κ1) is 11.7. The van der Waals surface area contributed by atoms with Gasteiger partial charge in [-0.05, 0) is 24.5 Å². The molecule has 4 heteroatoms. The number of piperidine rings is 1. The Morgan fingerprint density at radius 2 is 2.25 bits per heavy atom. The number of pyridine rings is 1. The fraction of sp³-hybridized carbons (Fsp3) is 0.583. The molecule has 2 heterocycles. The third-order valence-electron chi connectivity index (χ3n) is 3.15. The number of anilines is 1. The van der Waals surface area contributed by atoms with Gasteiger partial charge in [-0.3, -0.25) is 4.98 Å². The average molecular weight is 241 g/mol. The molecule has 16 heavy (non-hydrogen) atoms. The number of nitrogens with zero attached hydrogens (tertiary/aromatic N) is 2. The minimum Gasteiger partial charge on any atom is -0.381 e. The Morgan fingerprint density at radius 1 is 1.50 bits per heavy atom. The van der Waals surface area contributed by atoms with Crippen molar-refractivity contribution in [1.82, 2.24) is 4.98 Å². The van der Waals surface area contributed by atoms with Crippen molar-refractivity contribution in [3.63, 3.8) is 0 Å². The number of hydrogen-bond acceptors (Lipinski definition) is 3. The van der Waals surface area contributed by atoms with Crippen LogP contribution in [0.2, 0.25) is 0 Å². The van der Waals surface area contributed by atoms with Crippen LogP contribution >= 0.6 is 11.6 Å². The summed E-state index contributed by atoms with van der Waals surface area (Å²) in [6, 6.07) is 1.99. The van der Waals surface area contributed by atoms with E-state index in [0.717, 1.165) is 31.5 Å². The first-order valence-corrected chi connectivity index (χ1v) is 6.15. The third-order valence-corrected chi connectivity index (χ3v) is 3.44. The Kier molecular flexibility index (Phi) is 4.02. The van der Waals surface area contributed by atoms with Crippen molar-refractivity contribution in [1.29, 1.82) is 0 Å². The highest BCUT2D eigenvalue weighted by molar-refractivity contribution is 6.17. The molecule has 0 saturated carbocycles. The van der Waals surface area contributed by atoms with Gasteiger partial charge in [-0.25, -0.2) is 0 Å². The summed E-state index contributed by atoms with van der Waals surface area (Å²) in [5.74, 6) is 0.544. The van der Waals surface area contributed by atoms with E-state index in [2.05, 4.69) is 9.88 Å². The molecular formula is C12H17ClN2O. The highest BCUT2D eigenvalue weighted by Crippen LogP contribution is 2.25. The predicted molar refractivity (Wildman–Crippen MR) is 66.0 cm³/mol. The molecule has 0 atom stereocenters. The van der Waals surface area contributed by atoms with E-state index < -0.39 is 0 Å². The molecule has 0 unspecified atom stereocenters. The second-order valence-electron chi connectivity index (χ2n) is 4.06. The van der Waals surface area contributed by atoms with E-state index in [9.17, 15) is 0 Å². The van der Waals surface area contributed by atoms with Crippen LogP contribution in [-0.2, 0) is 10.6 Å². The van der Waals surface area contributed by atoms with Gasteiger partial charge in [-0.15, -0.1) is 11.6 Å². The summed E-state index contributed by atoms with van der Waals surface area (Å²) in [4.78, 5) is 6.52. The van der Waals surface area contributed by atoms with Crippen molar-refractivity contribution in [2.45, 2.75) is 24.8 Å². The van der Waals surface area contributed by atoms with Crippen LogP contribution in [0, 0.1) is 0 Å². The molecule has 1 aliphatic rings. The third kappa shape index (κ3) is 2.47. The molecule has 0 N–H and O–H groups in total. The molecular weight excluding hydrogens is 224 g/mol. The lowest BCUT2D eigenvalue weighted by Crippen LogP contribution is -2.37. The topological polar surface area (TPSA) is 25.4 Å². The van der Waals surface area contributed by atoms with Crippen LogP contribution in [0.3, 0.4) is 0 Å². The number of halogens is 1. The van der Waals surface area contributed by atoms with Gasteiger partial charge in [0.1, 0.15) is 0 Å². The summed E-state index contributed by atoms with van der Waals surface area (Å²) in [6.45, 7) is 2.04. The van der Waals surface area contributed by atoms with Crippen molar-refractivity contribution in [2.24, 2.45) is 0 Å². The smallest absolute Gasteiger partial charge is 0.0605 e. The minimum absolute atomic E-state index is 0.410. The summed E-state index contributed by atoms with van der Waals surface area (Å²) in [7, 11) is 1.79. The summed E-state index contributed by atoms with van der Waals surface area (Å²) in [5, 5.41) is 0. The fourth-order valence-electron chi connectivity index (χ4n) is 2.15. The molecule has 3 nitrogen and oxygen atoms in total. The van der Waals surface area contributed by atoms with E-state index in [0.29, 0.717) is 12.0 Å². The molecule has 0 radical (unpaired) electrons. The van der Waals surface area contributed by atoms with E-state index in [-0.39, 0.29) is 0 Å². The molecule has 2 rings (SSSR count). The molecule has 1 aliphatic heterocycles. The Morgan fingerprint density at radius 3 is 2.88 bits per heavy atom. The normalized spacial score (nSPS) is 17.8. The van der Waals surface area contributed by atoms with Crippen molar-refractivity contribution in [2.75, 3.05) is 25.1 Å². The minimum atomic E-state index is 0.410. The second-order valence-corrected chi connectivity index (χ2v) is 4.33. The number of hydrogen-bond donors (Lipinski definition) is 0. The van der Waals surface area contributed by atoms with Crippen LogP contribution in [0.1, 0.15) is 18.4 Å². The van der Waals surface area contributed by atoms with Gasteiger partial charge in [0.15, 0.2) is 0 Å². The fourth-order valence-corrected chi connectivity index (χ4v) is 2.37. The van der Waals surface area contributed by atoms with E-state index >= 15 is 0 Å². The molecule has 1 aromatic rings. The van der Waals surface area contributed by atoms with Crippen LogP contribution in [0.25, 0.3) is 0 Å². The van der Waals surface area contributed by atoms with Crippen LogP contribution in [0.15, 0.2) is 18.5 Å². The Bertz CT molecular complexity index is 338. The van der Waals surface area contributed by atoms with Crippen molar-refractivity contribution in [3.05, 3.63) is 24.0 Å². The van der Waals surface area contributed by atoms with Crippen molar-refractivity contribution >= 4 is 17.3 Å². The van der Waals surface area contributed by atoms with Crippen LogP contribution in [0.4, 0.5) is 5.69 Å². The van der Waals surface area contributed by atoms with Crippen LogP contribution in [0.5, 0.6) is 0 Å². The number of methoxy groups -OCH3 is 1. The maximum Gasteiger partial charge on any atom is 0.0605 e. The lowest BCUT2D eigenvalue weighted by Gasteiger charge is -2.33. The lowest BCUT2D eigenvalue weighted by molar-refractivity contribution is 0.0819. The maximum atomic E-state index is 5.93. The summed E-state index contributed by atoms with van der Waals surface area (Å²) in [6.07, 6.45) is 6.26. The highest BCUT2D eigenvalue weighted by Gasteiger charge is 2.20. The molecule has 1 fully saturated rings. The van der Waals surface area contributed by atoms with E-state index in [4.69, 9.17) is 16.3 Å². The zero-order valence-electron chi connectivity index (χ0n) is 9.53. The van der Waals surface area contributed by atoms with Gasteiger partial charge in [0.25, 0.3) is 0 Å². The van der Waals surface area contributed by atoms with Gasteiger partial charge in [0.05, 0.1) is 18.0 Å². The number of rotatable bonds is 3. The number of ether oxygens (including phenoxy) is 1. The monoisotopic (exact) mass is 240 g/mol. The summed E-state index contributed by atoms with van der Waals surface area (Å²) < 4.78 is 5.36. The van der Waals surface area contributed by atoms with Gasteiger partial charge < -0.3 is 9.64 Å². The quantitative estimate of drug-likeness (QED) is 0.759. The van der Waals surface area contributed by atoms with Gasteiger partial charge in [0.2, 0.25) is 0 Å². The Hall–Kier alpha value is -0.800. The molecule has 0 bridgehead atoms. The summed E-state index contributed by atoms with van der Waals surface area (Å²) >= 11 is 5.93. The zero-order chi connectivity index (χ0) is 11.4. The molecule has 1 aromatic heterocycles. The van der Waals surface area contributed by atoms with Gasteiger partial charge in [0, 0.05) is 32.3 Å². The van der Waals surface area contributed by atoms with Gasteiger partial charge in [-0.1, -0.05) is 0 Å². The van der Waals surface area contributed by atoms with E-state index in [1.165, 1.54) is 5.69 Å². The molecule has 0 aliphatic carbocycles. The van der Waals surface area contributed by atoms with Crippen LogP contribution < -0.4 is 4.90 Å². The SMILES string of the molecule is COC1CCN(c2cnccc2CCl)CC1. The van der Waals surface area contributed by atoms with Crippen molar-refractivity contribution < 1.29 is 4.74 Å². The maximum absolute atomic E-state index is 5.93. The largest absolute Gasteiger partial charge is 0.381 e. The number of aromatic nitrogens is 1. The van der Waals surface area contributed by atoms with Crippen molar-refractivity contribution in [3.8, 4) is 0 Å². The lowest BCUT2D eigenvalue weighted by atomic mass is 10.1. The molecule has 1 saturated heterocycles. The van der Waals surface area contributed by atoms with E-state index in [1.807, 2.05) is 12.3 Å². The standard InChI is InChI=1S/C12H17ClN2O/c1-16-11-3-6-15(7-4-11)12-9-14-5-2-10(12)8-13/h2,5,9,11H,3-4,6-8H2,1H3. The predicted octanol–water partition coefficient (Wildman–Crippen LogP) is 2.44. The van der Waals surface area contributed by atoms with Crippen LogP contribution in [-0.4, -0.2) is 31.3 Å². The highest BCUT2D eigenvalue weighted by atomic mass is 35.5. The average Bonchev–Trinajstić information content (AvgIpc) is 2.39. The molecule has 0 spiro atoms. The zero-order valence-corrected chi connectivity index (χ0v) is 10.3. The van der Waals surface area contributed by atoms with Gasteiger partial charge >= 0.3 is 0 Å².